The van der Waals surface area contributed by atoms with Crippen molar-refractivity contribution < 1.29 is 19.1 Å². The summed E-state index contributed by atoms with van der Waals surface area (Å²) in [6, 6.07) is 10.6. The SMILES string of the molecule is NC(=O)c1nsc(C(=O)N(c2ccc(C3CCCCC3)cc2)[C@H](C(=O)NC[C@@H]2CCCO2)c2cccs2)c1N. The number of thiophene rings is 1. The molecule has 0 spiro atoms. The van der Waals surface area contributed by atoms with E-state index in [1.807, 2.05) is 41.8 Å². The van der Waals surface area contributed by atoms with Crippen LogP contribution in [0, 0.1) is 0 Å². The third kappa shape index (κ3) is 6.00. The molecular weight excluding hydrogens is 534 g/mol. The molecule has 11 heteroatoms. The number of aromatic nitrogens is 1. The lowest BCUT2D eigenvalue weighted by Gasteiger charge is -2.31. The molecule has 1 saturated carbocycles. The molecule has 2 aromatic heterocycles. The number of carbonyl (C=O) groups excluding carboxylic acids is 3. The predicted octanol–water partition coefficient (Wildman–Crippen LogP) is 4.62. The monoisotopic (exact) mass is 567 g/mol. The van der Waals surface area contributed by atoms with Gasteiger partial charge in [-0.2, -0.15) is 4.37 Å². The topological polar surface area (TPSA) is 141 Å². The number of hydrogen-bond acceptors (Lipinski definition) is 8. The molecule has 3 heterocycles. The standard InChI is InChI=1S/C28H33N5O4S2/c29-22-23(26(30)34)32-39-25(22)28(36)33(19-12-10-18(11-13-19)17-6-2-1-3-7-17)24(21-9-5-15-38-21)27(35)31-16-20-8-4-14-37-20/h5,9-13,15,17,20,24H,1-4,6-8,14,16,29H2,(H2,30,34)(H,31,35)/t20-,24-/m0/s1. The van der Waals surface area contributed by atoms with E-state index in [9.17, 15) is 14.4 Å². The van der Waals surface area contributed by atoms with Crippen LogP contribution < -0.4 is 21.7 Å². The van der Waals surface area contributed by atoms with Crippen molar-refractivity contribution in [2.24, 2.45) is 5.73 Å². The highest BCUT2D eigenvalue weighted by molar-refractivity contribution is 7.10. The van der Waals surface area contributed by atoms with Crippen LogP contribution in [0.15, 0.2) is 41.8 Å². The number of hydrogen-bond donors (Lipinski definition) is 3. The average molecular weight is 568 g/mol. The van der Waals surface area contributed by atoms with Crippen molar-refractivity contribution in [3.05, 3.63) is 62.8 Å². The molecule has 0 bridgehead atoms. The van der Waals surface area contributed by atoms with Crippen LogP contribution in [-0.2, 0) is 9.53 Å². The number of ether oxygens (including phenoxy) is 1. The van der Waals surface area contributed by atoms with E-state index >= 15 is 0 Å². The van der Waals surface area contributed by atoms with E-state index in [1.54, 1.807) is 0 Å². The summed E-state index contributed by atoms with van der Waals surface area (Å²) >= 11 is 2.20. The molecule has 0 radical (unpaired) electrons. The van der Waals surface area contributed by atoms with Crippen LogP contribution in [0.5, 0.6) is 0 Å². The lowest BCUT2D eigenvalue weighted by atomic mass is 9.84. The van der Waals surface area contributed by atoms with Crippen molar-refractivity contribution in [2.45, 2.75) is 63.0 Å². The van der Waals surface area contributed by atoms with Crippen molar-refractivity contribution in [1.29, 1.82) is 0 Å². The van der Waals surface area contributed by atoms with E-state index in [0.717, 1.165) is 37.2 Å². The van der Waals surface area contributed by atoms with E-state index in [1.165, 1.54) is 41.1 Å². The summed E-state index contributed by atoms with van der Waals surface area (Å²) in [6.45, 7) is 1.04. The van der Waals surface area contributed by atoms with Gasteiger partial charge < -0.3 is 21.5 Å². The molecule has 1 aromatic carbocycles. The number of benzene rings is 1. The molecule has 39 heavy (non-hydrogen) atoms. The summed E-state index contributed by atoms with van der Waals surface area (Å²) in [4.78, 5) is 42.0. The average Bonchev–Trinajstić information content (AvgIpc) is 3.73. The highest BCUT2D eigenvalue weighted by Crippen LogP contribution is 2.37. The van der Waals surface area contributed by atoms with E-state index in [0.29, 0.717) is 29.6 Å². The van der Waals surface area contributed by atoms with Gasteiger partial charge in [0.15, 0.2) is 11.7 Å². The van der Waals surface area contributed by atoms with Gasteiger partial charge in [0.2, 0.25) is 5.91 Å². The second-order valence-corrected chi connectivity index (χ2v) is 11.8. The molecule has 2 fully saturated rings. The van der Waals surface area contributed by atoms with Gasteiger partial charge >= 0.3 is 0 Å². The molecule has 206 valence electrons. The van der Waals surface area contributed by atoms with Crippen molar-refractivity contribution in [1.82, 2.24) is 9.69 Å². The van der Waals surface area contributed by atoms with Crippen LogP contribution in [0.25, 0.3) is 0 Å². The van der Waals surface area contributed by atoms with E-state index in [2.05, 4.69) is 9.69 Å². The number of rotatable bonds is 9. The zero-order valence-corrected chi connectivity index (χ0v) is 23.3. The number of amides is 3. The summed E-state index contributed by atoms with van der Waals surface area (Å²) in [6.07, 6.45) is 7.79. The van der Waals surface area contributed by atoms with Crippen LogP contribution in [-0.4, -0.2) is 41.4 Å². The summed E-state index contributed by atoms with van der Waals surface area (Å²) in [7, 11) is 0. The van der Waals surface area contributed by atoms with Gasteiger partial charge in [0.1, 0.15) is 4.88 Å². The summed E-state index contributed by atoms with van der Waals surface area (Å²) in [5.41, 5.74) is 13.1. The van der Waals surface area contributed by atoms with Gasteiger partial charge in [-0.1, -0.05) is 37.5 Å². The van der Waals surface area contributed by atoms with Crippen LogP contribution in [0.1, 0.15) is 87.5 Å². The number of carbonyl (C=O) groups is 3. The van der Waals surface area contributed by atoms with Crippen LogP contribution in [0.2, 0.25) is 0 Å². The van der Waals surface area contributed by atoms with Crippen LogP contribution in [0.4, 0.5) is 11.4 Å². The maximum absolute atomic E-state index is 14.2. The molecule has 3 aromatic rings. The van der Waals surface area contributed by atoms with Gasteiger partial charge in [-0.25, -0.2) is 0 Å². The maximum atomic E-state index is 14.2. The number of nitrogens with two attached hydrogens (primary N) is 2. The lowest BCUT2D eigenvalue weighted by Crippen LogP contribution is -2.45. The summed E-state index contributed by atoms with van der Waals surface area (Å²) in [5.74, 6) is -1.16. The normalized spacial score (nSPS) is 18.5. The molecule has 2 atom stereocenters. The van der Waals surface area contributed by atoms with Crippen LogP contribution in [0.3, 0.4) is 0 Å². The Balaban J connectivity index is 1.53. The summed E-state index contributed by atoms with van der Waals surface area (Å²) in [5, 5.41) is 4.87. The highest BCUT2D eigenvalue weighted by Gasteiger charge is 2.37. The highest BCUT2D eigenvalue weighted by atomic mass is 32.1. The van der Waals surface area contributed by atoms with Crippen molar-refractivity contribution in [3.8, 4) is 0 Å². The zero-order chi connectivity index (χ0) is 27.4. The first-order valence-corrected chi connectivity index (χ1v) is 15.0. The molecule has 1 aliphatic carbocycles. The zero-order valence-electron chi connectivity index (χ0n) is 21.6. The first kappa shape index (κ1) is 27.3. The van der Waals surface area contributed by atoms with E-state index in [-0.39, 0.29) is 28.3 Å². The first-order chi connectivity index (χ1) is 18.9. The molecule has 2 aliphatic rings. The van der Waals surface area contributed by atoms with E-state index in [4.69, 9.17) is 16.2 Å². The quantitative estimate of drug-likeness (QED) is 0.345. The Morgan fingerprint density at radius 3 is 2.46 bits per heavy atom. The number of nitrogen functional groups attached to an aromatic ring is 1. The van der Waals surface area contributed by atoms with Gasteiger partial charge in [0.05, 0.1) is 11.8 Å². The first-order valence-electron chi connectivity index (χ1n) is 13.3. The summed E-state index contributed by atoms with van der Waals surface area (Å²) < 4.78 is 9.71. The van der Waals surface area contributed by atoms with E-state index < -0.39 is 17.9 Å². The van der Waals surface area contributed by atoms with Gasteiger partial charge in [0, 0.05) is 23.7 Å². The van der Waals surface area contributed by atoms with Gasteiger partial charge in [-0.05, 0) is 72.3 Å². The number of nitrogens with one attached hydrogen (secondary N) is 1. The fourth-order valence-corrected chi connectivity index (χ4v) is 6.96. The number of nitrogens with zero attached hydrogens (tertiary/aromatic N) is 2. The minimum atomic E-state index is -0.960. The minimum Gasteiger partial charge on any atom is -0.395 e. The number of primary amides is 1. The molecule has 5 N–H and O–H groups in total. The van der Waals surface area contributed by atoms with Gasteiger partial charge in [0.25, 0.3) is 11.8 Å². The Morgan fingerprint density at radius 2 is 1.85 bits per heavy atom. The second kappa shape index (κ2) is 12.3. The Hall–Kier alpha value is -3.28. The molecule has 3 amide bonds. The Bertz CT molecular complexity index is 1300. The predicted molar refractivity (Wildman–Crippen MR) is 153 cm³/mol. The van der Waals surface area contributed by atoms with Crippen LogP contribution >= 0.6 is 22.9 Å². The molecule has 5 rings (SSSR count). The molecule has 0 unspecified atom stereocenters. The number of anilines is 2. The Labute approximate surface area is 235 Å². The molecule has 1 aliphatic heterocycles. The van der Waals surface area contributed by atoms with Crippen molar-refractivity contribution in [2.75, 3.05) is 23.8 Å². The van der Waals surface area contributed by atoms with Crippen molar-refractivity contribution >= 4 is 52.0 Å². The smallest absolute Gasteiger partial charge is 0.273 e. The second-order valence-electron chi connectivity index (χ2n) is 10.0. The Morgan fingerprint density at radius 1 is 1.08 bits per heavy atom. The largest absolute Gasteiger partial charge is 0.395 e. The molecular formula is C28H33N5O4S2. The fourth-order valence-electron chi connectivity index (χ4n) is 5.40. The molecule has 1 saturated heterocycles. The minimum absolute atomic E-state index is 0.0490. The maximum Gasteiger partial charge on any atom is 0.273 e. The van der Waals surface area contributed by atoms with Gasteiger partial charge in [-0.3, -0.25) is 19.3 Å². The Kier molecular flexibility index (Phi) is 8.59. The fraction of sp³-hybridized carbons (Fsp3) is 0.429. The third-order valence-electron chi connectivity index (χ3n) is 7.47. The van der Waals surface area contributed by atoms with Gasteiger partial charge in [-0.15, -0.1) is 11.3 Å². The molecule has 9 nitrogen and oxygen atoms in total. The van der Waals surface area contributed by atoms with Crippen molar-refractivity contribution in [3.63, 3.8) is 0 Å². The lowest BCUT2D eigenvalue weighted by molar-refractivity contribution is -0.122. The third-order valence-corrected chi connectivity index (χ3v) is 9.25.